The molecule has 2 heterocycles. The van der Waals surface area contributed by atoms with Gasteiger partial charge in [0.15, 0.2) is 0 Å². The summed E-state index contributed by atoms with van der Waals surface area (Å²) in [5.74, 6) is 0. The normalized spacial score (nSPS) is 9.87. The van der Waals surface area contributed by atoms with E-state index in [2.05, 4.69) is 25.7 Å². The zero-order valence-electron chi connectivity index (χ0n) is 7.84. The second-order valence-corrected chi connectivity index (χ2v) is 2.87. The third-order valence-corrected chi connectivity index (χ3v) is 1.83. The van der Waals surface area contributed by atoms with Crippen LogP contribution in [-0.2, 0) is 6.54 Å². The topological polar surface area (TPSA) is 83.6 Å². The Morgan fingerprint density at radius 1 is 1.40 bits per heavy atom. The lowest BCUT2D eigenvalue weighted by atomic mass is 10.3. The predicted octanol–water partition coefficient (Wildman–Crippen LogP) is 0.172. The van der Waals surface area contributed by atoms with E-state index in [9.17, 15) is 4.79 Å². The van der Waals surface area contributed by atoms with E-state index in [1.807, 2.05) is 18.2 Å². The van der Waals surface area contributed by atoms with E-state index in [-0.39, 0.29) is 5.56 Å². The lowest BCUT2D eigenvalue weighted by molar-refractivity contribution is 0.838. The smallest absolute Gasteiger partial charge is 0.290 e. The molecule has 0 radical (unpaired) electrons. The first-order valence-corrected chi connectivity index (χ1v) is 4.40. The lowest BCUT2D eigenvalue weighted by Crippen LogP contribution is -2.16. The molecule has 0 fully saturated rings. The molecule has 0 amide bonds. The molecule has 15 heavy (non-hydrogen) atoms. The molecule has 2 rings (SSSR count). The van der Waals surface area contributed by atoms with Gasteiger partial charge in [0, 0.05) is 6.20 Å². The van der Waals surface area contributed by atoms with Gasteiger partial charge < -0.3 is 5.32 Å². The maximum absolute atomic E-state index is 11.2. The minimum absolute atomic E-state index is 0.291. The van der Waals surface area contributed by atoms with Crippen molar-refractivity contribution >= 4 is 5.69 Å². The van der Waals surface area contributed by atoms with Crippen LogP contribution in [-0.4, -0.2) is 20.4 Å². The molecule has 0 atom stereocenters. The number of H-pyrrole nitrogens is 1. The second kappa shape index (κ2) is 4.32. The summed E-state index contributed by atoms with van der Waals surface area (Å²) in [5.41, 5.74) is 0.949. The highest BCUT2D eigenvalue weighted by Crippen LogP contribution is 1.98. The van der Waals surface area contributed by atoms with E-state index in [4.69, 9.17) is 0 Å². The number of anilines is 1. The summed E-state index contributed by atoms with van der Waals surface area (Å²) >= 11 is 0. The molecule has 2 aromatic rings. The molecule has 0 aromatic carbocycles. The summed E-state index contributed by atoms with van der Waals surface area (Å²) in [5, 5.41) is 12.1. The summed E-state index contributed by atoms with van der Waals surface area (Å²) < 4.78 is 0. The standard InChI is InChI=1S/C9H9N5O/c15-9-8(6-12-14-13-9)11-5-7-3-1-2-4-10-7/h1-4,6H,5H2,(H,11,14)(H,12,13,15). The average Bonchev–Trinajstić information content (AvgIpc) is 2.29. The van der Waals surface area contributed by atoms with Gasteiger partial charge in [0.1, 0.15) is 5.69 Å². The zero-order chi connectivity index (χ0) is 10.5. The molecule has 0 bridgehead atoms. The highest BCUT2D eigenvalue weighted by molar-refractivity contribution is 5.36. The zero-order valence-corrected chi connectivity index (χ0v) is 7.84. The third-order valence-electron chi connectivity index (χ3n) is 1.83. The van der Waals surface area contributed by atoms with Gasteiger partial charge in [-0.25, -0.2) is 5.10 Å². The SMILES string of the molecule is O=c1[nH]nncc1NCc1ccccn1. The fourth-order valence-corrected chi connectivity index (χ4v) is 1.09. The van der Waals surface area contributed by atoms with Gasteiger partial charge in [-0.2, -0.15) is 0 Å². The molecule has 0 saturated carbocycles. The van der Waals surface area contributed by atoms with Gasteiger partial charge in [-0.05, 0) is 12.1 Å². The van der Waals surface area contributed by atoms with E-state index in [1.54, 1.807) is 6.20 Å². The van der Waals surface area contributed by atoms with Gasteiger partial charge in [-0.3, -0.25) is 9.78 Å². The second-order valence-electron chi connectivity index (χ2n) is 2.87. The summed E-state index contributed by atoms with van der Waals surface area (Å²) in [6.07, 6.45) is 3.08. The van der Waals surface area contributed by atoms with Gasteiger partial charge in [0.05, 0.1) is 18.4 Å². The Hall–Kier alpha value is -2.24. The van der Waals surface area contributed by atoms with Gasteiger partial charge in [0.2, 0.25) is 0 Å². The van der Waals surface area contributed by atoms with Crippen LogP contribution >= 0.6 is 0 Å². The van der Waals surface area contributed by atoms with Gasteiger partial charge >= 0.3 is 0 Å². The minimum Gasteiger partial charge on any atom is -0.374 e. The van der Waals surface area contributed by atoms with Crippen LogP contribution in [0.4, 0.5) is 5.69 Å². The van der Waals surface area contributed by atoms with Gasteiger partial charge in [-0.1, -0.05) is 11.3 Å². The minimum atomic E-state index is -0.291. The van der Waals surface area contributed by atoms with Crippen LogP contribution < -0.4 is 10.9 Å². The van der Waals surface area contributed by atoms with Crippen molar-refractivity contribution < 1.29 is 0 Å². The fraction of sp³-hybridized carbons (Fsp3) is 0.111. The highest BCUT2D eigenvalue weighted by Gasteiger charge is 1.98. The van der Waals surface area contributed by atoms with E-state index < -0.39 is 0 Å². The van der Waals surface area contributed by atoms with Crippen molar-refractivity contribution in [3.8, 4) is 0 Å². The largest absolute Gasteiger partial charge is 0.374 e. The predicted molar refractivity (Wildman–Crippen MR) is 54.2 cm³/mol. The van der Waals surface area contributed by atoms with Crippen molar-refractivity contribution in [2.45, 2.75) is 6.54 Å². The lowest BCUT2D eigenvalue weighted by Gasteiger charge is -2.02. The molecule has 2 aromatic heterocycles. The Morgan fingerprint density at radius 2 is 2.33 bits per heavy atom. The summed E-state index contributed by atoms with van der Waals surface area (Å²) in [6, 6.07) is 5.60. The maximum Gasteiger partial charge on any atom is 0.290 e. The molecule has 0 spiro atoms. The Morgan fingerprint density at radius 3 is 3.07 bits per heavy atom. The summed E-state index contributed by atoms with van der Waals surface area (Å²) in [4.78, 5) is 15.3. The van der Waals surface area contributed by atoms with Crippen molar-refractivity contribution in [1.29, 1.82) is 0 Å². The number of aromatic nitrogens is 4. The molecule has 76 valence electrons. The van der Waals surface area contributed by atoms with Crippen LogP contribution in [0.15, 0.2) is 35.4 Å². The number of hydrogen-bond acceptors (Lipinski definition) is 5. The molecular formula is C9H9N5O. The van der Waals surface area contributed by atoms with E-state index in [0.717, 1.165) is 5.69 Å². The third kappa shape index (κ3) is 2.37. The Balaban J connectivity index is 2.06. The first kappa shape index (κ1) is 9.32. The van der Waals surface area contributed by atoms with Crippen molar-refractivity contribution in [2.75, 3.05) is 5.32 Å². The first-order valence-electron chi connectivity index (χ1n) is 4.40. The van der Waals surface area contributed by atoms with Crippen LogP contribution in [0.25, 0.3) is 0 Å². The van der Waals surface area contributed by atoms with Crippen molar-refractivity contribution in [2.24, 2.45) is 0 Å². The molecule has 6 nitrogen and oxygen atoms in total. The van der Waals surface area contributed by atoms with Crippen LogP contribution in [0.2, 0.25) is 0 Å². The summed E-state index contributed by atoms with van der Waals surface area (Å²) in [7, 11) is 0. The molecular weight excluding hydrogens is 194 g/mol. The van der Waals surface area contributed by atoms with Crippen LogP contribution in [0.3, 0.4) is 0 Å². The number of nitrogens with one attached hydrogen (secondary N) is 2. The van der Waals surface area contributed by atoms with Crippen molar-refractivity contribution in [3.63, 3.8) is 0 Å². The first-order chi connectivity index (χ1) is 7.36. The molecule has 0 unspecified atom stereocenters. The monoisotopic (exact) mass is 203 g/mol. The Labute approximate surface area is 85.4 Å². The van der Waals surface area contributed by atoms with Crippen molar-refractivity contribution in [1.82, 2.24) is 20.4 Å². The molecule has 6 heteroatoms. The number of rotatable bonds is 3. The fourth-order valence-electron chi connectivity index (χ4n) is 1.09. The van der Waals surface area contributed by atoms with Crippen LogP contribution in [0, 0.1) is 0 Å². The molecule has 0 saturated heterocycles. The van der Waals surface area contributed by atoms with Crippen molar-refractivity contribution in [3.05, 3.63) is 46.6 Å². The molecule has 0 aliphatic carbocycles. The maximum atomic E-state index is 11.2. The van der Waals surface area contributed by atoms with E-state index in [1.165, 1.54) is 6.20 Å². The number of nitrogens with zero attached hydrogens (tertiary/aromatic N) is 3. The Bertz CT molecular complexity index is 481. The highest BCUT2D eigenvalue weighted by atomic mass is 16.1. The van der Waals surface area contributed by atoms with E-state index in [0.29, 0.717) is 12.2 Å². The quantitative estimate of drug-likeness (QED) is 0.743. The van der Waals surface area contributed by atoms with Gasteiger partial charge in [-0.15, -0.1) is 5.10 Å². The molecule has 0 aliphatic rings. The number of hydrogen-bond donors (Lipinski definition) is 2. The van der Waals surface area contributed by atoms with Crippen LogP contribution in [0.5, 0.6) is 0 Å². The van der Waals surface area contributed by atoms with Crippen LogP contribution in [0.1, 0.15) is 5.69 Å². The number of pyridine rings is 1. The Kier molecular flexibility index (Phi) is 2.68. The number of aromatic amines is 1. The molecule has 0 aliphatic heterocycles. The van der Waals surface area contributed by atoms with Gasteiger partial charge in [0.25, 0.3) is 5.56 Å². The van der Waals surface area contributed by atoms with E-state index >= 15 is 0 Å². The average molecular weight is 203 g/mol. The molecule has 2 N–H and O–H groups in total. The summed E-state index contributed by atoms with van der Waals surface area (Å²) in [6.45, 7) is 0.482.